The fourth-order valence-electron chi connectivity index (χ4n) is 15.5. The van der Waals surface area contributed by atoms with Crippen molar-refractivity contribution >= 4 is 56.7 Å². The number of nitrogens with zero attached hydrogens (tertiary/aromatic N) is 7. The maximum absolute atomic E-state index is 8.01. The number of benzene rings is 13. The van der Waals surface area contributed by atoms with E-state index in [-0.39, 0.29) is 0 Å². The van der Waals surface area contributed by atoms with Crippen LogP contribution >= 0.6 is 0 Å². The first-order valence-corrected chi connectivity index (χ1v) is 35.7. The highest BCUT2D eigenvalue weighted by atomic mass is 28.3. The van der Waals surface area contributed by atoms with Gasteiger partial charge in [-0.1, -0.05) is 315 Å². The zero-order valence-electron chi connectivity index (χ0n) is 54.0. The minimum absolute atomic E-state index is 0.381. The number of imidazole rings is 2. The number of para-hydroxylation sites is 6. The van der Waals surface area contributed by atoms with Crippen LogP contribution in [0.5, 0.6) is 11.5 Å². The van der Waals surface area contributed by atoms with Crippen LogP contribution in [0.3, 0.4) is 0 Å². The highest BCUT2D eigenvalue weighted by Crippen LogP contribution is 2.54. The van der Waals surface area contributed by atoms with Crippen LogP contribution in [0.1, 0.15) is 22.5 Å². The summed E-state index contributed by atoms with van der Waals surface area (Å²) in [6, 6.07) is 128. The second-order valence-electron chi connectivity index (χ2n) is 25.4. The number of hydrogen-bond acceptors (Lipinski definition) is 6. The van der Waals surface area contributed by atoms with Crippen molar-refractivity contribution < 1.29 is 4.74 Å². The summed E-state index contributed by atoms with van der Waals surface area (Å²) in [7, 11) is -3.61. The quantitative estimate of drug-likeness (QED) is 0.0751. The second-order valence-corrected chi connectivity index (χ2v) is 29.2. The molecule has 0 atom stereocenters. The lowest BCUT2D eigenvalue weighted by Gasteiger charge is -2.44. The molecule has 468 valence electrons. The molecule has 4 aromatic heterocycles. The molecule has 0 saturated carbocycles. The smallest absolute Gasteiger partial charge is 0.220 e. The fraction of sp³-hybridized carbons (Fsp3) is 0.0333. The molecule has 0 amide bonds. The Morgan fingerprint density at radius 3 is 1.27 bits per heavy atom. The van der Waals surface area contributed by atoms with E-state index in [4.69, 9.17) is 29.7 Å². The van der Waals surface area contributed by atoms with Crippen LogP contribution in [-0.4, -0.2) is 42.0 Å². The maximum Gasteiger partial charge on any atom is 0.220 e. The minimum atomic E-state index is -3.61. The summed E-state index contributed by atoms with van der Waals surface area (Å²) in [5.41, 5.74) is 17.3. The Labute approximate surface area is 575 Å². The standard InChI is InChI=1S/C90H63N7OSi/c1-9-33-62(34-10-1)82-75(91-87(66-41-17-5-18-42-66)94-84(82)64-37-13-3-14-38-64)60-90(61-76-83(63-35-11-2-12-36-63)85(65-39-15-4-16-40-65)95-88(92-76)67-43-19-6-20-44-67)72-51-25-30-57-80(72)98-86-73(90)52-32-58-81(86)99(69-46-21-7-22-47-69,70-48-23-8-24-49-70)71-50-31-45-68(59-71)96-78-55-28-29-56-79(78)97-77-54-27-26-53-74(77)93-89(96)97/h1-59H,60-61H2. The first-order chi connectivity index (χ1) is 49.1. The lowest BCUT2D eigenvalue weighted by atomic mass is 9.65. The van der Waals surface area contributed by atoms with Crippen LogP contribution in [-0.2, 0) is 18.3 Å². The van der Waals surface area contributed by atoms with Crippen molar-refractivity contribution in [1.29, 1.82) is 0 Å². The molecule has 0 aliphatic carbocycles. The van der Waals surface area contributed by atoms with Gasteiger partial charge in [-0.2, -0.15) is 0 Å². The molecule has 99 heavy (non-hydrogen) atoms. The van der Waals surface area contributed by atoms with Crippen LogP contribution < -0.4 is 25.5 Å². The Morgan fingerprint density at radius 1 is 0.323 bits per heavy atom. The first-order valence-electron chi connectivity index (χ1n) is 33.7. The van der Waals surface area contributed by atoms with Crippen LogP contribution in [0.4, 0.5) is 0 Å². The number of ether oxygens (including phenoxy) is 1. The summed E-state index contributed by atoms with van der Waals surface area (Å²) < 4.78 is 12.7. The van der Waals surface area contributed by atoms with E-state index < -0.39 is 13.5 Å². The highest BCUT2D eigenvalue weighted by Gasteiger charge is 2.50. The van der Waals surface area contributed by atoms with Gasteiger partial charge < -0.3 is 4.74 Å². The van der Waals surface area contributed by atoms with Crippen molar-refractivity contribution in [2.75, 3.05) is 0 Å². The molecule has 18 rings (SSSR count). The van der Waals surface area contributed by atoms with Gasteiger partial charge in [0.1, 0.15) is 11.5 Å². The van der Waals surface area contributed by atoms with Gasteiger partial charge in [0.25, 0.3) is 0 Å². The van der Waals surface area contributed by atoms with E-state index in [1.54, 1.807) is 0 Å². The summed E-state index contributed by atoms with van der Waals surface area (Å²) in [5, 5.41) is 4.68. The minimum Gasteiger partial charge on any atom is -0.457 e. The molecule has 17 aromatic rings. The Hall–Kier alpha value is -12.7. The van der Waals surface area contributed by atoms with Gasteiger partial charge in [-0.05, 0) is 74.3 Å². The molecule has 9 heteroatoms. The third kappa shape index (κ3) is 10.1. The van der Waals surface area contributed by atoms with Gasteiger partial charge in [-0.25, -0.2) is 24.9 Å². The Bertz CT molecular complexity index is 5600. The topological polar surface area (TPSA) is 83.0 Å². The number of aromatic nitrogens is 7. The zero-order chi connectivity index (χ0) is 65.7. The largest absolute Gasteiger partial charge is 0.457 e. The lowest BCUT2D eigenvalue weighted by Crippen LogP contribution is -2.75. The molecule has 0 saturated heterocycles. The number of rotatable bonds is 15. The van der Waals surface area contributed by atoms with Gasteiger partial charge in [0.05, 0.1) is 44.8 Å². The van der Waals surface area contributed by atoms with E-state index in [1.165, 1.54) is 15.6 Å². The van der Waals surface area contributed by atoms with Crippen molar-refractivity contribution in [1.82, 2.24) is 33.9 Å². The molecular formula is C90H63N7OSi. The monoisotopic (exact) mass is 1290 g/mol. The van der Waals surface area contributed by atoms with E-state index in [9.17, 15) is 0 Å². The fourth-order valence-corrected chi connectivity index (χ4v) is 20.4. The molecule has 0 fully saturated rings. The van der Waals surface area contributed by atoms with Crippen LogP contribution in [0, 0.1) is 0 Å². The van der Waals surface area contributed by atoms with Crippen molar-refractivity contribution in [3.8, 4) is 84.7 Å². The molecular weight excluding hydrogens is 1220 g/mol. The van der Waals surface area contributed by atoms with Crippen LogP contribution in [0.2, 0.25) is 0 Å². The summed E-state index contributed by atoms with van der Waals surface area (Å²) in [4.78, 5) is 28.6. The molecule has 5 heterocycles. The van der Waals surface area contributed by atoms with Crippen molar-refractivity contribution in [2.45, 2.75) is 18.3 Å². The van der Waals surface area contributed by atoms with Gasteiger partial charge >= 0.3 is 0 Å². The average Bonchev–Trinajstić information content (AvgIpc) is 1.06. The predicted molar refractivity (Wildman–Crippen MR) is 405 cm³/mol. The zero-order valence-corrected chi connectivity index (χ0v) is 55.0. The van der Waals surface area contributed by atoms with E-state index in [1.807, 2.05) is 0 Å². The summed E-state index contributed by atoms with van der Waals surface area (Å²) in [5.74, 6) is 3.67. The van der Waals surface area contributed by atoms with Crippen LogP contribution in [0.15, 0.2) is 358 Å². The van der Waals surface area contributed by atoms with Crippen molar-refractivity contribution in [3.63, 3.8) is 0 Å². The van der Waals surface area contributed by atoms with E-state index in [0.29, 0.717) is 24.5 Å². The molecule has 0 unspecified atom stereocenters. The Kier molecular flexibility index (Phi) is 14.8. The van der Waals surface area contributed by atoms with Crippen molar-refractivity contribution in [2.24, 2.45) is 0 Å². The SMILES string of the molecule is c1ccc(-c2nc(CC3(Cc4nc(-c5ccccc5)nc(-c5ccccc5)c4-c4ccccc4)c4ccccc4Oc4c3cccc4[Si](c3ccccc3)(c3ccccc3)c3cccc(-n4c5ccccc5n5c6ccccc6nc45)c3)c(-c3ccccc3)c(-c3ccccc3)n2)cc1. The first kappa shape index (κ1) is 58.9. The third-order valence-corrected chi connectivity index (χ3v) is 24.6. The molecule has 0 N–H and O–H groups in total. The molecule has 1 aliphatic heterocycles. The lowest BCUT2D eigenvalue weighted by molar-refractivity contribution is 0.384. The molecule has 0 bridgehead atoms. The molecule has 1 aliphatic rings. The Balaban J connectivity index is 0.978. The van der Waals surface area contributed by atoms with E-state index in [0.717, 1.165) is 129 Å². The highest BCUT2D eigenvalue weighted by molar-refractivity contribution is 7.20. The molecule has 0 radical (unpaired) electrons. The Morgan fingerprint density at radius 2 is 0.737 bits per heavy atom. The van der Waals surface area contributed by atoms with Gasteiger partial charge in [0.2, 0.25) is 5.78 Å². The number of fused-ring (bicyclic) bond motifs is 7. The van der Waals surface area contributed by atoms with Gasteiger partial charge in [0.15, 0.2) is 19.7 Å². The molecule has 0 spiro atoms. The van der Waals surface area contributed by atoms with Crippen molar-refractivity contribution in [3.05, 3.63) is 380 Å². The predicted octanol–water partition coefficient (Wildman–Crippen LogP) is 18.3. The van der Waals surface area contributed by atoms with E-state index in [2.05, 4.69) is 367 Å². The molecule has 13 aromatic carbocycles. The van der Waals surface area contributed by atoms with Gasteiger partial charge in [0, 0.05) is 68.5 Å². The van der Waals surface area contributed by atoms with Gasteiger partial charge in [-0.3, -0.25) is 8.97 Å². The van der Waals surface area contributed by atoms with Crippen LogP contribution in [0.25, 0.3) is 101 Å². The average molecular weight is 1290 g/mol. The van der Waals surface area contributed by atoms with E-state index >= 15 is 0 Å². The normalized spacial score (nSPS) is 12.5. The second kappa shape index (κ2) is 24.8. The summed E-state index contributed by atoms with van der Waals surface area (Å²) in [6.45, 7) is 0. The molecule has 8 nitrogen and oxygen atoms in total. The van der Waals surface area contributed by atoms with Gasteiger partial charge in [-0.15, -0.1) is 0 Å². The number of hydrogen-bond donors (Lipinski definition) is 0. The maximum atomic E-state index is 8.01. The summed E-state index contributed by atoms with van der Waals surface area (Å²) >= 11 is 0. The summed E-state index contributed by atoms with van der Waals surface area (Å²) in [6.07, 6.45) is 0.762. The third-order valence-electron chi connectivity index (χ3n) is 19.8.